The number of nitrogens with zero attached hydrogens (tertiary/aromatic N) is 1. The number of hydrogen-bond donors (Lipinski definition) is 2. The van der Waals surface area contributed by atoms with Crippen LogP contribution in [-0.4, -0.2) is 29.9 Å². The minimum Gasteiger partial charge on any atom is -0.399 e. The molecule has 1 heterocycles. The van der Waals surface area contributed by atoms with Gasteiger partial charge in [-0.3, -0.25) is 4.79 Å². The van der Waals surface area contributed by atoms with E-state index in [2.05, 4.69) is 5.32 Å². The van der Waals surface area contributed by atoms with Crippen molar-refractivity contribution in [3.8, 4) is 0 Å². The van der Waals surface area contributed by atoms with Crippen LogP contribution in [0, 0.1) is 5.82 Å². The van der Waals surface area contributed by atoms with Crippen molar-refractivity contribution in [3.05, 3.63) is 24.0 Å². The number of halogens is 1. The molecule has 2 rings (SSSR count). The summed E-state index contributed by atoms with van der Waals surface area (Å²) in [5.74, 6) is -0.345. The van der Waals surface area contributed by atoms with Crippen molar-refractivity contribution in [2.24, 2.45) is 0 Å². The number of nitrogens with two attached hydrogens (primary N) is 1. The minimum absolute atomic E-state index is 0.0579. The lowest BCUT2D eigenvalue weighted by Crippen LogP contribution is -2.43. The van der Waals surface area contributed by atoms with Gasteiger partial charge in [-0.05, 0) is 44.4 Å². The fourth-order valence-electron chi connectivity index (χ4n) is 2.40. The van der Waals surface area contributed by atoms with Gasteiger partial charge in [-0.15, -0.1) is 0 Å². The van der Waals surface area contributed by atoms with Crippen LogP contribution < -0.4 is 11.1 Å². The van der Waals surface area contributed by atoms with Gasteiger partial charge < -0.3 is 16.0 Å². The molecule has 104 valence electrons. The Bertz CT molecular complexity index is 438. The first-order chi connectivity index (χ1) is 9.06. The Kier molecular flexibility index (Phi) is 4.24. The molecule has 0 radical (unpaired) electrons. The SMILES string of the molecule is CC(Nc1cc(N)cc(F)c1)C(=O)N1CCCCC1. The first kappa shape index (κ1) is 13.6. The van der Waals surface area contributed by atoms with Crippen molar-refractivity contribution in [2.75, 3.05) is 24.1 Å². The Balaban J connectivity index is 1.99. The van der Waals surface area contributed by atoms with E-state index < -0.39 is 5.82 Å². The molecule has 1 unspecified atom stereocenters. The molecule has 1 fully saturated rings. The number of benzene rings is 1. The fourth-order valence-corrected chi connectivity index (χ4v) is 2.40. The zero-order valence-electron chi connectivity index (χ0n) is 11.2. The number of rotatable bonds is 3. The van der Waals surface area contributed by atoms with E-state index in [0.717, 1.165) is 25.9 Å². The summed E-state index contributed by atoms with van der Waals surface area (Å²) in [7, 11) is 0. The highest BCUT2D eigenvalue weighted by Crippen LogP contribution is 2.17. The second-order valence-electron chi connectivity index (χ2n) is 5.03. The molecule has 1 atom stereocenters. The Morgan fingerprint density at radius 2 is 2.00 bits per heavy atom. The van der Waals surface area contributed by atoms with Gasteiger partial charge >= 0.3 is 0 Å². The molecule has 4 nitrogen and oxygen atoms in total. The molecule has 1 amide bonds. The number of hydrogen-bond acceptors (Lipinski definition) is 3. The number of nitrogen functional groups attached to an aromatic ring is 1. The Morgan fingerprint density at radius 3 is 2.63 bits per heavy atom. The van der Waals surface area contributed by atoms with E-state index in [1.54, 1.807) is 13.0 Å². The van der Waals surface area contributed by atoms with E-state index in [4.69, 9.17) is 5.73 Å². The predicted octanol–water partition coefficient (Wildman–Crippen LogP) is 2.22. The number of carbonyl (C=O) groups is 1. The molecule has 1 aromatic rings. The molecule has 0 saturated carbocycles. The molecule has 0 aromatic heterocycles. The number of piperidine rings is 1. The minimum atomic E-state index is -0.403. The van der Waals surface area contributed by atoms with Crippen LogP contribution in [-0.2, 0) is 4.79 Å². The van der Waals surface area contributed by atoms with Gasteiger partial charge in [-0.2, -0.15) is 0 Å². The third-order valence-electron chi connectivity index (χ3n) is 3.34. The van der Waals surface area contributed by atoms with Crippen molar-refractivity contribution in [3.63, 3.8) is 0 Å². The molecule has 0 aliphatic carbocycles. The molecular weight excluding hydrogens is 245 g/mol. The van der Waals surface area contributed by atoms with Gasteiger partial charge in [-0.1, -0.05) is 0 Å². The lowest BCUT2D eigenvalue weighted by atomic mass is 10.1. The Labute approximate surface area is 112 Å². The maximum Gasteiger partial charge on any atom is 0.244 e. The lowest BCUT2D eigenvalue weighted by Gasteiger charge is -2.29. The summed E-state index contributed by atoms with van der Waals surface area (Å²) in [4.78, 5) is 14.1. The van der Waals surface area contributed by atoms with Crippen molar-refractivity contribution < 1.29 is 9.18 Å². The summed E-state index contributed by atoms with van der Waals surface area (Å²) in [5.41, 5.74) is 6.46. The van der Waals surface area contributed by atoms with Crippen molar-refractivity contribution in [1.82, 2.24) is 4.90 Å². The van der Waals surface area contributed by atoms with Crippen molar-refractivity contribution >= 4 is 17.3 Å². The van der Waals surface area contributed by atoms with Crippen molar-refractivity contribution in [1.29, 1.82) is 0 Å². The highest BCUT2D eigenvalue weighted by Gasteiger charge is 2.22. The molecule has 1 aliphatic heterocycles. The van der Waals surface area contributed by atoms with Crippen molar-refractivity contribution in [2.45, 2.75) is 32.2 Å². The molecule has 5 heteroatoms. The average molecular weight is 265 g/mol. The van der Waals surface area contributed by atoms with Crippen LogP contribution in [0.2, 0.25) is 0 Å². The van der Waals surface area contributed by atoms with Gasteiger partial charge in [0.1, 0.15) is 11.9 Å². The van der Waals surface area contributed by atoms with Crippen LogP contribution in [0.1, 0.15) is 26.2 Å². The van der Waals surface area contributed by atoms with Crippen LogP contribution in [0.15, 0.2) is 18.2 Å². The third kappa shape index (κ3) is 3.59. The highest BCUT2D eigenvalue weighted by atomic mass is 19.1. The number of carbonyl (C=O) groups excluding carboxylic acids is 1. The van der Waals surface area contributed by atoms with Gasteiger partial charge in [0.25, 0.3) is 0 Å². The lowest BCUT2D eigenvalue weighted by molar-refractivity contribution is -0.132. The van der Waals surface area contributed by atoms with E-state index in [-0.39, 0.29) is 11.9 Å². The highest BCUT2D eigenvalue weighted by molar-refractivity contribution is 5.84. The van der Waals surface area contributed by atoms with Crippen LogP contribution in [0.25, 0.3) is 0 Å². The van der Waals surface area contributed by atoms with E-state index in [0.29, 0.717) is 11.4 Å². The molecule has 1 saturated heterocycles. The van der Waals surface area contributed by atoms with Crippen LogP contribution >= 0.6 is 0 Å². The van der Waals surface area contributed by atoms with E-state index >= 15 is 0 Å². The quantitative estimate of drug-likeness (QED) is 0.824. The fraction of sp³-hybridized carbons (Fsp3) is 0.500. The molecule has 19 heavy (non-hydrogen) atoms. The maximum absolute atomic E-state index is 13.2. The Morgan fingerprint density at radius 1 is 1.32 bits per heavy atom. The molecule has 1 aromatic carbocycles. The Hall–Kier alpha value is -1.78. The summed E-state index contributed by atoms with van der Waals surface area (Å²) in [6, 6.07) is 3.85. The number of likely N-dealkylation sites (tertiary alicyclic amines) is 1. The first-order valence-corrected chi connectivity index (χ1v) is 6.67. The monoisotopic (exact) mass is 265 g/mol. The van der Waals surface area contributed by atoms with Gasteiger partial charge in [0.15, 0.2) is 0 Å². The standard InChI is InChI=1S/C14H20FN3O/c1-10(14(19)18-5-3-2-4-6-18)17-13-8-11(15)7-12(16)9-13/h7-10,17H,2-6,16H2,1H3. The molecule has 0 bridgehead atoms. The molecule has 3 N–H and O–H groups in total. The third-order valence-corrected chi connectivity index (χ3v) is 3.34. The summed E-state index contributed by atoms with van der Waals surface area (Å²) in [5, 5.41) is 3.01. The summed E-state index contributed by atoms with van der Waals surface area (Å²) in [6.45, 7) is 3.42. The van der Waals surface area contributed by atoms with E-state index in [1.807, 2.05) is 4.90 Å². The first-order valence-electron chi connectivity index (χ1n) is 6.67. The van der Waals surface area contributed by atoms with E-state index in [9.17, 15) is 9.18 Å². The van der Waals surface area contributed by atoms with Crippen LogP contribution in [0.5, 0.6) is 0 Å². The second kappa shape index (κ2) is 5.91. The zero-order valence-corrected chi connectivity index (χ0v) is 11.2. The summed E-state index contributed by atoms with van der Waals surface area (Å²) >= 11 is 0. The zero-order chi connectivity index (χ0) is 13.8. The predicted molar refractivity (Wildman–Crippen MR) is 74.3 cm³/mol. The summed E-state index contributed by atoms with van der Waals surface area (Å²) in [6.07, 6.45) is 3.31. The smallest absolute Gasteiger partial charge is 0.244 e. The van der Waals surface area contributed by atoms with Crippen LogP contribution in [0.3, 0.4) is 0 Å². The molecule has 1 aliphatic rings. The maximum atomic E-state index is 13.2. The average Bonchev–Trinajstić information content (AvgIpc) is 2.37. The second-order valence-corrected chi connectivity index (χ2v) is 5.03. The van der Waals surface area contributed by atoms with Crippen LogP contribution in [0.4, 0.5) is 15.8 Å². The normalized spacial score (nSPS) is 17.1. The number of anilines is 2. The summed E-state index contributed by atoms with van der Waals surface area (Å²) < 4.78 is 13.2. The van der Waals surface area contributed by atoms with Gasteiger partial charge in [-0.25, -0.2) is 4.39 Å². The number of amides is 1. The van der Waals surface area contributed by atoms with Gasteiger partial charge in [0, 0.05) is 24.5 Å². The van der Waals surface area contributed by atoms with Gasteiger partial charge in [0.2, 0.25) is 5.91 Å². The number of nitrogens with one attached hydrogen (secondary N) is 1. The largest absolute Gasteiger partial charge is 0.399 e. The topological polar surface area (TPSA) is 58.4 Å². The molecular formula is C14H20FN3O. The molecule has 0 spiro atoms. The van der Waals surface area contributed by atoms with Gasteiger partial charge in [0.05, 0.1) is 0 Å². The van der Waals surface area contributed by atoms with E-state index in [1.165, 1.54) is 18.6 Å².